The monoisotopic (exact) mass is 1050 g/mol. The van der Waals surface area contributed by atoms with Crippen LogP contribution in [0.5, 0.6) is 11.5 Å². The number of ether oxygens (including phenoxy) is 2. The summed E-state index contributed by atoms with van der Waals surface area (Å²) in [6, 6.07) is 27.3. The number of hydrogen-bond donors (Lipinski definition) is 2. The van der Waals surface area contributed by atoms with Crippen molar-refractivity contribution in [3.05, 3.63) is 118 Å². The highest BCUT2D eigenvalue weighted by molar-refractivity contribution is 5.93. The second-order valence-electron chi connectivity index (χ2n) is 22.3. The third kappa shape index (κ3) is 20.6. The second-order valence-corrected chi connectivity index (χ2v) is 22.3. The maximum Gasteiger partial charge on any atom is 0.161 e. The van der Waals surface area contributed by atoms with Crippen LogP contribution in [0.1, 0.15) is 248 Å². The Labute approximate surface area is 469 Å². The molecule has 5 aromatic rings. The second kappa shape index (κ2) is 35.5. The number of hydrogen-bond acceptors (Lipinski definition) is 5. The van der Waals surface area contributed by atoms with Gasteiger partial charge < -0.3 is 19.4 Å². The van der Waals surface area contributed by atoms with Gasteiger partial charge in [-0.2, -0.15) is 0 Å². The summed E-state index contributed by atoms with van der Waals surface area (Å²) in [5, 5.41) is 3.75. The van der Waals surface area contributed by atoms with Crippen LogP contribution < -0.4 is 9.47 Å². The van der Waals surface area contributed by atoms with Crippen molar-refractivity contribution in [3.8, 4) is 33.8 Å². The molecule has 5 heterocycles. The van der Waals surface area contributed by atoms with Crippen LogP contribution in [0.15, 0.2) is 84.0 Å². The number of aromatic amines is 2. The van der Waals surface area contributed by atoms with Gasteiger partial charge in [0.2, 0.25) is 0 Å². The highest BCUT2D eigenvalue weighted by Crippen LogP contribution is 2.38. The minimum Gasteiger partial charge on any atom is -0.490 e. The fraction of sp³-hybridized carbons (Fsp3) is 0.536. The van der Waals surface area contributed by atoms with E-state index in [1.807, 2.05) is 12.1 Å². The van der Waals surface area contributed by atoms with E-state index in [-0.39, 0.29) is 0 Å². The van der Waals surface area contributed by atoms with E-state index in [9.17, 15) is 0 Å². The minimum absolute atomic E-state index is 0.307. The van der Waals surface area contributed by atoms with Gasteiger partial charge in [0.25, 0.3) is 0 Å². The summed E-state index contributed by atoms with van der Waals surface area (Å²) in [7, 11) is 0. The molecular weight excluding hydrogens is 959 g/mol. The van der Waals surface area contributed by atoms with Gasteiger partial charge in [-0.3, -0.25) is 0 Å². The summed E-state index contributed by atoms with van der Waals surface area (Å²) in [6.07, 6.45) is 51.5. The Hall–Kier alpha value is -6.05. The Balaban J connectivity index is 1.01. The first kappa shape index (κ1) is 59.6. The SMILES string of the molecule is CCCCCCCCCCCCCCCCCCOc1ccc(-c2c3nc(cc4ccc([nH]4)c(-c4ccc(CN=[N+]=[N-])cc4)c4nc(cc5ccc2[nH]5)C=C4)C=C3)cc1OCCCCCCCCCCCCCCCCCC. The van der Waals surface area contributed by atoms with E-state index < -0.39 is 0 Å². The predicted molar refractivity (Wildman–Crippen MR) is 333 cm³/mol. The van der Waals surface area contributed by atoms with Gasteiger partial charge in [-0.05, 0) is 108 Å². The molecule has 3 aromatic heterocycles. The minimum atomic E-state index is 0.307. The van der Waals surface area contributed by atoms with E-state index in [0.717, 1.165) is 97.0 Å². The van der Waals surface area contributed by atoms with Crippen LogP contribution >= 0.6 is 0 Å². The molecule has 0 saturated heterocycles. The summed E-state index contributed by atoms with van der Waals surface area (Å²) in [4.78, 5) is 20.7. The summed E-state index contributed by atoms with van der Waals surface area (Å²) >= 11 is 0. The van der Waals surface area contributed by atoms with Crippen molar-refractivity contribution in [1.82, 2.24) is 19.9 Å². The molecule has 0 unspecified atom stereocenters. The molecule has 9 nitrogen and oxygen atoms in total. The van der Waals surface area contributed by atoms with E-state index in [0.29, 0.717) is 19.8 Å². The zero-order chi connectivity index (χ0) is 54.1. The third-order valence-electron chi connectivity index (χ3n) is 15.7. The molecule has 0 atom stereocenters. The van der Waals surface area contributed by atoms with Gasteiger partial charge in [0.1, 0.15) is 0 Å². The van der Waals surface area contributed by atoms with Crippen LogP contribution in [0.25, 0.3) is 79.1 Å². The van der Waals surface area contributed by atoms with E-state index in [4.69, 9.17) is 25.0 Å². The van der Waals surface area contributed by atoms with Gasteiger partial charge in [0.15, 0.2) is 11.5 Å². The zero-order valence-corrected chi connectivity index (χ0v) is 48.1. The number of fused-ring (bicyclic) bond motifs is 8. The van der Waals surface area contributed by atoms with Crippen LogP contribution in [0, 0.1) is 0 Å². The fourth-order valence-electron chi connectivity index (χ4n) is 11.1. The van der Waals surface area contributed by atoms with Crippen molar-refractivity contribution < 1.29 is 9.47 Å². The van der Waals surface area contributed by atoms with Gasteiger partial charge in [0, 0.05) is 38.1 Å². The standard InChI is InChI=1S/C69H95N7O2/c1-3-5-7-9-11-13-15-17-19-21-23-25-27-29-31-33-49-77-66-48-39-57(51-67(66)78-50-34-32-30-28-26-24-22-20-18-16-14-12-10-8-6-4-2)69-64-46-42-60(74-64)52-58-40-44-62(72-58)68(56-37-35-55(36-38-56)54-71-76-70)63-45-41-59(73-63)53-61-43-47-65(69)75-61/h35-48,51-53,72,75H,3-34,49-50,54H2,1-2H3. The van der Waals surface area contributed by atoms with Gasteiger partial charge in [0.05, 0.1) is 42.5 Å². The normalized spacial score (nSPS) is 11.9. The average Bonchev–Trinajstić information content (AvgIpc) is 4.43. The van der Waals surface area contributed by atoms with Crippen molar-refractivity contribution in [2.45, 2.75) is 226 Å². The number of azide groups is 1. The summed E-state index contributed by atoms with van der Waals surface area (Å²) in [5.41, 5.74) is 21.1. The molecule has 78 heavy (non-hydrogen) atoms. The highest BCUT2D eigenvalue weighted by Gasteiger charge is 2.16. The topological polar surface area (TPSA) is 125 Å². The number of aromatic nitrogens is 4. The molecule has 0 amide bonds. The molecule has 9 heteroatoms. The van der Waals surface area contributed by atoms with Crippen LogP contribution in [0.3, 0.4) is 0 Å². The maximum absolute atomic E-state index is 8.86. The van der Waals surface area contributed by atoms with Crippen molar-refractivity contribution >= 4 is 46.4 Å². The number of benzene rings is 2. The largest absolute Gasteiger partial charge is 0.490 e. The van der Waals surface area contributed by atoms with Crippen molar-refractivity contribution in [2.75, 3.05) is 13.2 Å². The lowest BCUT2D eigenvalue weighted by Gasteiger charge is -2.15. The smallest absolute Gasteiger partial charge is 0.161 e. The number of nitrogens with zero attached hydrogens (tertiary/aromatic N) is 5. The third-order valence-corrected chi connectivity index (χ3v) is 15.7. The van der Waals surface area contributed by atoms with Crippen molar-refractivity contribution in [1.29, 1.82) is 0 Å². The molecule has 2 N–H and O–H groups in total. The Morgan fingerprint density at radius 1 is 0.410 bits per heavy atom. The number of rotatable bonds is 40. The van der Waals surface area contributed by atoms with Gasteiger partial charge in [-0.1, -0.05) is 242 Å². The first-order chi connectivity index (χ1) is 38.6. The lowest BCUT2D eigenvalue weighted by Crippen LogP contribution is -2.03. The molecule has 2 aliphatic rings. The molecular formula is C69H95N7O2. The van der Waals surface area contributed by atoms with Crippen LogP contribution in [-0.4, -0.2) is 33.1 Å². The van der Waals surface area contributed by atoms with Crippen LogP contribution in [0.4, 0.5) is 0 Å². The number of unbranched alkanes of at least 4 members (excludes halogenated alkanes) is 30. The van der Waals surface area contributed by atoms with Gasteiger partial charge in [-0.15, -0.1) is 0 Å². The quantitative estimate of drug-likeness (QED) is 0.0172. The molecule has 2 aromatic carbocycles. The molecule has 0 saturated carbocycles. The summed E-state index contributed by atoms with van der Waals surface area (Å²) < 4.78 is 13.3. The molecule has 0 aliphatic carbocycles. The molecule has 0 fully saturated rings. The van der Waals surface area contributed by atoms with Gasteiger partial charge >= 0.3 is 0 Å². The van der Waals surface area contributed by atoms with E-state index in [1.165, 1.54) is 193 Å². The zero-order valence-electron chi connectivity index (χ0n) is 48.1. The van der Waals surface area contributed by atoms with Crippen LogP contribution in [0.2, 0.25) is 0 Å². The first-order valence-corrected chi connectivity index (χ1v) is 31.2. The predicted octanol–water partition coefficient (Wildman–Crippen LogP) is 22.1. The first-order valence-electron chi connectivity index (χ1n) is 31.2. The Morgan fingerprint density at radius 3 is 1.22 bits per heavy atom. The Kier molecular flexibility index (Phi) is 27.1. The van der Waals surface area contributed by atoms with E-state index in [2.05, 4.69) is 125 Å². The highest BCUT2D eigenvalue weighted by atomic mass is 16.5. The molecule has 0 radical (unpaired) electrons. The summed E-state index contributed by atoms with van der Waals surface area (Å²) in [6.45, 7) is 6.25. The van der Waals surface area contributed by atoms with Crippen molar-refractivity contribution in [2.24, 2.45) is 5.11 Å². The molecule has 0 spiro atoms. The molecule has 8 bridgehead atoms. The van der Waals surface area contributed by atoms with E-state index >= 15 is 0 Å². The Morgan fingerprint density at radius 2 is 0.795 bits per heavy atom. The van der Waals surface area contributed by atoms with Crippen LogP contribution in [-0.2, 0) is 6.54 Å². The lowest BCUT2D eigenvalue weighted by atomic mass is 10.0. The average molecular weight is 1050 g/mol. The maximum atomic E-state index is 8.86. The number of nitrogens with one attached hydrogen (secondary N) is 2. The summed E-state index contributed by atoms with van der Waals surface area (Å²) in [5.74, 6) is 1.61. The Bertz CT molecular complexity index is 2800. The molecule has 7 rings (SSSR count). The molecule has 418 valence electrons. The molecule has 2 aliphatic heterocycles. The number of H-pyrrole nitrogens is 2. The van der Waals surface area contributed by atoms with Crippen molar-refractivity contribution in [3.63, 3.8) is 0 Å². The lowest BCUT2D eigenvalue weighted by molar-refractivity contribution is 0.258. The van der Waals surface area contributed by atoms with Gasteiger partial charge in [-0.25, -0.2) is 9.97 Å². The van der Waals surface area contributed by atoms with E-state index in [1.54, 1.807) is 0 Å². The fourth-order valence-corrected chi connectivity index (χ4v) is 11.1.